The van der Waals surface area contributed by atoms with Crippen molar-refractivity contribution in [3.63, 3.8) is 0 Å². The lowest BCUT2D eigenvalue weighted by molar-refractivity contribution is -0.128. The van der Waals surface area contributed by atoms with E-state index in [4.69, 9.17) is 0 Å². The highest BCUT2D eigenvalue weighted by molar-refractivity contribution is 5.99. The molecular weight excluding hydrogens is 440 g/mol. The number of hydrogen-bond donors (Lipinski definition) is 3. The number of hydrazine groups is 1. The van der Waals surface area contributed by atoms with E-state index in [2.05, 4.69) is 38.1 Å². The summed E-state index contributed by atoms with van der Waals surface area (Å²) in [5.74, 6) is -0.0101. The molecule has 1 aromatic carbocycles. The van der Waals surface area contributed by atoms with Crippen molar-refractivity contribution in [1.82, 2.24) is 20.7 Å². The van der Waals surface area contributed by atoms with Crippen molar-refractivity contribution in [1.29, 1.82) is 5.26 Å². The van der Waals surface area contributed by atoms with Gasteiger partial charge >= 0.3 is 0 Å². The average Bonchev–Trinajstić information content (AvgIpc) is 3.54. The maximum absolute atomic E-state index is 13.0. The smallest absolute Gasteiger partial charge is 0.254 e. The minimum Gasteiger partial charge on any atom is -0.368 e. The lowest BCUT2D eigenvalue weighted by atomic mass is 9.88. The molecule has 0 radical (unpaired) electrons. The number of benzene rings is 1. The minimum absolute atomic E-state index is 0.0121. The molecule has 186 valence electrons. The van der Waals surface area contributed by atoms with Gasteiger partial charge in [0.05, 0.1) is 17.9 Å². The molecule has 5 aliphatic rings. The molecule has 1 aromatic rings. The molecule has 3 N–H and O–H groups in total. The van der Waals surface area contributed by atoms with Crippen LogP contribution in [0.15, 0.2) is 18.2 Å². The number of amides is 2. The Hall–Kier alpha value is -2.63. The summed E-state index contributed by atoms with van der Waals surface area (Å²) < 4.78 is 0. The number of nitrogens with one attached hydrogen (secondary N) is 3. The van der Waals surface area contributed by atoms with Crippen molar-refractivity contribution in [3.8, 4) is 6.07 Å². The summed E-state index contributed by atoms with van der Waals surface area (Å²) in [4.78, 5) is 28.0. The molecule has 2 aliphatic carbocycles. The Bertz CT molecular complexity index is 1030. The zero-order valence-corrected chi connectivity index (χ0v) is 20.3. The Labute approximate surface area is 207 Å². The predicted octanol–water partition coefficient (Wildman–Crippen LogP) is 3.12. The average molecular weight is 477 g/mol. The summed E-state index contributed by atoms with van der Waals surface area (Å²) in [7, 11) is 0. The second-order valence-corrected chi connectivity index (χ2v) is 11.0. The molecule has 5 atom stereocenters. The van der Waals surface area contributed by atoms with Gasteiger partial charge in [-0.15, -0.1) is 0 Å². The number of carbonyl (C=O) groups is 2. The standard InChI is InChI=1S/C27H36N6O2/c28-15-17-6-2-1-3-9-22(17)33-23-12-13-29-26(34)24(23)25(31-33)30-19-10-11-21-18(14-19)16-32(27(21)35)20-7-4-5-8-20/h10-11,14,17,20,22-25,30-31H,1-9,12-13,16H2,(H,29,34)/t17-,22+,23?,24?,25?/m1/s1. The van der Waals surface area contributed by atoms with E-state index in [1.165, 1.54) is 19.3 Å². The van der Waals surface area contributed by atoms with Crippen molar-refractivity contribution < 1.29 is 9.59 Å². The van der Waals surface area contributed by atoms with Crippen LogP contribution in [0.4, 0.5) is 5.69 Å². The molecule has 0 bridgehead atoms. The lowest BCUT2D eigenvalue weighted by Gasteiger charge is -2.36. The Morgan fingerprint density at radius 1 is 0.971 bits per heavy atom. The van der Waals surface area contributed by atoms with E-state index in [-0.39, 0.29) is 41.9 Å². The highest BCUT2D eigenvalue weighted by atomic mass is 16.2. The number of hydrogen-bond acceptors (Lipinski definition) is 6. The van der Waals surface area contributed by atoms with Crippen molar-refractivity contribution in [3.05, 3.63) is 29.3 Å². The fraction of sp³-hybridized carbons (Fsp3) is 0.667. The van der Waals surface area contributed by atoms with Crippen LogP contribution in [-0.4, -0.2) is 52.6 Å². The first-order valence-electron chi connectivity index (χ1n) is 13.6. The maximum Gasteiger partial charge on any atom is 0.254 e. The van der Waals surface area contributed by atoms with E-state index >= 15 is 0 Å². The lowest BCUT2D eigenvalue weighted by Crippen LogP contribution is -2.53. The number of anilines is 1. The summed E-state index contributed by atoms with van der Waals surface area (Å²) in [6.07, 6.45) is 10.6. The molecule has 3 unspecified atom stereocenters. The Kier molecular flexibility index (Phi) is 6.15. The van der Waals surface area contributed by atoms with Crippen molar-refractivity contribution >= 4 is 17.5 Å². The van der Waals surface area contributed by atoms with Crippen LogP contribution in [0.5, 0.6) is 0 Å². The molecule has 3 heterocycles. The molecule has 8 heteroatoms. The summed E-state index contributed by atoms with van der Waals surface area (Å²) in [6, 6.07) is 9.14. The van der Waals surface area contributed by atoms with Crippen LogP contribution < -0.4 is 16.1 Å². The van der Waals surface area contributed by atoms with Crippen molar-refractivity contribution in [2.75, 3.05) is 11.9 Å². The highest BCUT2D eigenvalue weighted by Crippen LogP contribution is 2.37. The third-order valence-electron chi connectivity index (χ3n) is 8.99. The number of nitrogens with zero attached hydrogens (tertiary/aromatic N) is 3. The van der Waals surface area contributed by atoms with Gasteiger partial charge in [0.2, 0.25) is 5.91 Å². The van der Waals surface area contributed by atoms with Gasteiger partial charge in [-0.05, 0) is 55.9 Å². The molecule has 6 rings (SSSR count). The zero-order chi connectivity index (χ0) is 23.9. The van der Waals surface area contributed by atoms with Gasteiger partial charge in [0.15, 0.2) is 0 Å². The van der Waals surface area contributed by atoms with E-state index < -0.39 is 0 Å². The van der Waals surface area contributed by atoms with E-state index in [0.29, 0.717) is 19.1 Å². The zero-order valence-electron chi connectivity index (χ0n) is 20.3. The molecule has 8 nitrogen and oxygen atoms in total. The van der Waals surface area contributed by atoms with Crippen LogP contribution in [0.3, 0.4) is 0 Å². The van der Waals surface area contributed by atoms with Gasteiger partial charge < -0.3 is 15.5 Å². The van der Waals surface area contributed by atoms with Crippen LogP contribution in [0.2, 0.25) is 0 Å². The number of nitriles is 1. The molecule has 35 heavy (non-hydrogen) atoms. The fourth-order valence-electron chi connectivity index (χ4n) is 7.20. The number of carbonyl (C=O) groups excluding carboxylic acids is 2. The highest BCUT2D eigenvalue weighted by Gasteiger charge is 2.51. The molecule has 0 spiro atoms. The van der Waals surface area contributed by atoms with Gasteiger partial charge in [0.1, 0.15) is 6.17 Å². The first kappa shape index (κ1) is 22.8. The molecule has 2 saturated carbocycles. The quantitative estimate of drug-likeness (QED) is 0.578. The van der Waals surface area contributed by atoms with E-state index in [1.54, 1.807) is 0 Å². The molecule has 2 saturated heterocycles. The van der Waals surface area contributed by atoms with Gasteiger partial charge in [-0.2, -0.15) is 5.26 Å². The monoisotopic (exact) mass is 476 g/mol. The molecular formula is C27H36N6O2. The minimum atomic E-state index is -0.246. The second-order valence-electron chi connectivity index (χ2n) is 11.0. The normalized spacial score (nSPS) is 33.7. The molecule has 3 aliphatic heterocycles. The van der Waals surface area contributed by atoms with Crippen molar-refractivity contribution in [2.24, 2.45) is 11.8 Å². The Morgan fingerprint density at radius 2 is 1.77 bits per heavy atom. The summed E-state index contributed by atoms with van der Waals surface area (Å²) >= 11 is 0. The van der Waals surface area contributed by atoms with Gasteiger partial charge in [0.25, 0.3) is 5.91 Å². The van der Waals surface area contributed by atoms with Crippen LogP contribution >= 0.6 is 0 Å². The van der Waals surface area contributed by atoms with Gasteiger partial charge in [0, 0.05) is 42.5 Å². The fourth-order valence-corrected chi connectivity index (χ4v) is 7.20. The first-order chi connectivity index (χ1) is 17.1. The van der Waals surface area contributed by atoms with E-state index in [0.717, 1.165) is 61.8 Å². The SMILES string of the molecule is N#C[C@H]1CCCCC[C@@H]1N1NC(Nc2ccc3c(c2)CN(C2CCCC2)C3=O)C2C(=O)NCCC21. The molecule has 4 fully saturated rings. The van der Waals surface area contributed by atoms with Gasteiger partial charge in [-0.1, -0.05) is 32.1 Å². The van der Waals surface area contributed by atoms with Gasteiger partial charge in [-0.25, -0.2) is 10.4 Å². The van der Waals surface area contributed by atoms with Crippen LogP contribution in [-0.2, 0) is 11.3 Å². The van der Waals surface area contributed by atoms with E-state index in [9.17, 15) is 14.9 Å². The van der Waals surface area contributed by atoms with Crippen LogP contribution in [0.25, 0.3) is 0 Å². The van der Waals surface area contributed by atoms with Gasteiger partial charge in [-0.3, -0.25) is 9.59 Å². The number of rotatable bonds is 4. The second kappa shape index (κ2) is 9.44. The van der Waals surface area contributed by atoms with Crippen LogP contribution in [0, 0.1) is 23.2 Å². The first-order valence-corrected chi connectivity index (χ1v) is 13.6. The Balaban J connectivity index is 1.22. The largest absolute Gasteiger partial charge is 0.368 e. The molecule has 0 aromatic heterocycles. The maximum atomic E-state index is 13.0. The summed E-state index contributed by atoms with van der Waals surface area (Å²) in [5, 5.41) is 18.8. The third-order valence-corrected chi connectivity index (χ3v) is 8.99. The molecule has 2 amide bonds. The topological polar surface area (TPSA) is 100 Å². The number of fused-ring (bicyclic) bond motifs is 2. The van der Waals surface area contributed by atoms with E-state index in [1.807, 2.05) is 12.1 Å². The third kappa shape index (κ3) is 4.09. The predicted molar refractivity (Wildman–Crippen MR) is 132 cm³/mol. The Morgan fingerprint density at radius 3 is 2.60 bits per heavy atom. The van der Waals surface area contributed by atoms with Crippen molar-refractivity contribution in [2.45, 2.75) is 95.0 Å². The summed E-state index contributed by atoms with van der Waals surface area (Å²) in [5.41, 5.74) is 6.45. The summed E-state index contributed by atoms with van der Waals surface area (Å²) in [6.45, 7) is 1.35. The van der Waals surface area contributed by atoms with Crippen LogP contribution in [0.1, 0.15) is 80.1 Å². The number of piperidine rings is 1.